The van der Waals surface area contributed by atoms with Crippen LogP contribution in [0.4, 0.5) is 0 Å². The monoisotopic (exact) mass is 320 g/mol. The molecular formula is C15H13BrO3. The lowest BCUT2D eigenvalue weighted by Crippen LogP contribution is -2.04. The van der Waals surface area contributed by atoms with E-state index < -0.39 is 0 Å². The van der Waals surface area contributed by atoms with Crippen LogP contribution in [0.25, 0.3) is 0 Å². The summed E-state index contributed by atoms with van der Waals surface area (Å²) in [4.78, 5) is 12.1. The highest BCUT2D eigenvalue weighted by atomic mass is 79.9. The van der Waals surface area contributed by atoms with Crippen LogP contribution in [-0.2, 0) is 6.42 Å². The predicted molar refractivity (Wildman–Crippen MR) is 76.8 cm³/mol. The number of methoxy groups -OCH3 is 1. The summed E-state index contributed by atoms with van der Waals surface area (Å²) in [5.74, 6) is 0.349. The topological polar surface area (TPSA) is 46.5 Å². The van der Waals surface area contributed by atoms with E-state index in [2.05, 4.69) is 15.9 Å². The third-order valence-electron chi connectivity index (χ3n) is 2.78. The number of carbonyl (C=O) groups excluding carboxylic acids is 1. The maximum atomic E-state index is 12.1. The maximum Gasteiger partial charge on any atom is 0.170 e. The number of halogens is 1. The second kappa shape index (κ2) is 5.89. The van der Waals surface area contributed by atoms with E-state index in [4.69, 9.17) is 4.74 Å². The highest BCUT2D eigenvalue weighted by molar-refractivity contribution is 9.10. The van der Waals surface area contributed by atoms with Gasteiger partial charge in [-0.2, -0.15) is 0 Å². The Morgan fingerprint density at radius 1 is 1.21 bits per heavy atom. The minimum absolute atomic E-state index is 0.0542. The second-order valence-electron chi connectivity index (χ2n) is 4.11. The smallest absolute Gasteiger partial charge is 0.170 e. The van der Waals surface area contributed by atoms with Crippen molar-refractivity contribution in [1.29, 1.82) is 0 Å². The van der Waals surface area contributed by atoms with Gasteiger partial charge in [-0.1, -0.05) is 28.1 Å². The minimum Gasteiger partial charge on any atom is -0.507 e. The molecule has 0 amide bonds. The number of hydrogen-bond donors (Lipinski definition) is 1. The van der Waals surface area contributed by atoms with Gasteiger partial charge in [-0.05, 0) is 29.8 Å². The van der Waals surface area contributed by atoms with Gasteiger partial charge in [0.1, 0.15) is 11.5 Å². The molecule has 1 N–H and O–H groups in total. The molecule has 0 bridgehead atoms. The van der Waals surface area contributed by atoms with Crippen LogP contribution < -0.4 is 4.74 Å². The van der Waals surface area contributed by atoms with Crippen molar-refractivity contribution >= 4 is 21.7 Å². The lowest BCUT2D eigenvalue weighted by atomic mass is 10.0. The number of Topliss-reactive ketones (excluding diaryl/α,β-unsaturated/α-hetero) is 1. The summed E-state index contributed by atoms with van der Waals surface area (Å²) >= 11 is 3.35. The van der Waals surface area contributed by atoms with Crippen LogP contribution in [0, 0.1) is 0 Å². The fraction of sp³-hybridized carbons (Fsp3) is 0.133. The molecule has 2 rings (SSSR count). The van der Waals surface area contributed by atoms with Gasteiger partial charge in [-0.3, -0.25) is 4.79 Å². The van der Waals surface area contributed by atoms with E-state index in [0.29, 0.717) is 11.3 Å². The standard InChI is InChI=1S/C15H13BrO3/c1-19-12-6-7-13(15(18)9-12)14(17)8-10-2-4-11(16)5-3-10/h2-7,9,18H,8H2,1H3. The van der Waals surface area contributed by atoms with Crippen LogP contribution in [0.2, 0.25) is 0 Å². The summed E-state index contributed by atoms with van der Waals surface area (Å²) in [7, 11) is 1.51. The molecule has 0 aliphatic carbocycles. The molecule has 0 saturated heterocycles. The molecule has 0 aromatic heterocycles. The molecule has 0 fully saturated rings. The molecule has 98 valence electrons. The first-order valence-corrected chi connectivity index (χ1v) is 6.54. The summed E-state index contributed by atoms with van der Waals surface area (Å²) in [6.07, 6.45) is 0.257. The molecule has 2 aromatic rings. The number of hydrogen-bond acceptors (Lipinski definition) is 3. The molecule has 0 aliphatic rings. The molecule has 19 heavy (non-hydrogen) atoms. The second-order valence-corrected chi connectivity index (χ2v) is 5.03. The van der Waals surface area contributed by atoms with Crippen LogP contribution in [0.3, 0.4) is 0 Å². The van der Waals surface area contributed by atoms with E-state index in [1.165, 1.54) is 13.2 Å². The van der Waals surface area contributed by atoms with E-state index in [-0.39, 0.29) is 18.0 Å². The lowest BCUT2D eigenvalue weighted by molar-refractivity contribution is 0.0990. The van der Waals surface area contributed by atoms with E-state index in [1.807, 2.05) is 24.3 Å². The molecule has 0 heterocycles. The fourth-order valence-electron chi connectivity index (χ4n) is 1.76. The molecule has 0 radical (unpaired) electrons. The van der Waals surface area contributed by atoms with E-state index in [0.717, 1.165) is 10.0 Å². The molecule has 0 unspecified atom stereocenters. The van der Waals surface area contributed by atoms with Crippen molar-refractivity contribution in [2.75, 3.05) is 7.11 Å². The highest BCUT2D eigenvalue weighted by Gasteiger charge is 2.12. The zero-order chi connectivity index (χ0) is 13.8. The van der Waals surface area contributed by atoms with E-state index in [9.17, 15) is 9.90 Å². The average Bonchev–Trinajstić information content (AvgIpc) is 2.41. The zero-order valence-electron chi connectivity index (χ0n) is 10.4. The Bertz CT molecular complexity index is 591. The lowest BCUT2D eigenvalue weighted by Gasteiger charge is -2.06. The number of ether oxygens (including phenoxy) is 1. The van der Waals surface area contributed by atoms with E-state index >= 15 is 0 Å². The number of phenolic OH excluding ortho intramolecular Hbond substituents is 1. The van der Waals surface area contributed by atoms with Gasteiger partial charge in [0, 0.05) is 17.0 Å². The Balaban J connectivity index is 2.18. The number of benzene rings is 2. The van der Waals surface area contributed by atoms with E-state index in [1.54, 1.807) is 12.1 Å². The van der Waals surface area contributed by atoms with Crippen molar-refractivity contribution in [1.82, 2.24) is 0 Å². The molecule has 0 saturated carbocycles. The van der Waals surface area contributed by atoms with Crippen LogP contribution in [-0.4, -0.2) is 18.0 Å². The largest absolute Gasteiger partial charge is 0.507 e. The molecule has 0 atom stereocenters. The Labute approximate surface area is 120 Å². The first-order chi connectivity index (χ1) is 9.10. The molecular weight excluding hydrogens is 308 g/mol. The summed E-state index contributed by atoms with van der Waals surface area (Å²) < 4.78 is 5.95. The summed E-state index contributed by atoms with van der Waals surface area (Å²) in [5.41, 5.74) is 1.21. The van der Waals surface area contributed by atoms with Gasteiger partial charge in [0.15, 0.2) is 5.78 Å². The Kier molecular flexibility index (Phi) is 4.22. The SMILES string of the molecule is COc1ccc(C(=O)Cc2ccc(Br)cc2)c(O)c1. The molecule has 4 heteroatoms. The highest BCUT2D eigenvalue weighted by Crippen LogP contribution is 2.24. The van der Waals surface area contributed by atoms with Crippen molar-refractivity contribution in [2.45, 2.75) is 6.42 Å². The number of carbonyl (C=O) groups is 1. The van der Waals surface area contributed by atoms with Gasteiger partial charge in [0.2, 0.25) is 0 Å². The van der Waals surface area contributed by atoms with Crippen molar-refractivity contribution in [3.63, 3.8) is 0 Å². The maximum absolute atomic E-state index is 12.1. The minimum atomic E-state index is -0.123. The van der Waals surface area contributed by atoms with Crippen LogP contribution in [0.1, 0.15) is 15.9 Å². The Morgan fingerprint density at radius 3 is 2.47 bits per heavy atom. The Hall–Kier alpha value is -1.81. The molecule has 0 spiro atoms. The number of phenols is 1. The zero-order valence-corrected chi connectivity index (χ0v) is 12.0. The van der Waals surface area contributed by atoms with Crippen LogP contribution >= 0.6 is 15.9 Å². The van der Waals surface area contributed by atoms with Gasteiger partial charge >= 0.3 is 0 Å². The van der Waals surface area contributed by atoms with Gasteiger partial charge in [-0.25, -0.2) is 0 Å². The normalized spacial score (nSPS) is 10.2. The predicted octanol–water partition coefficient (Wildman–Crippen LogP) is 3.59. The fourth-order valence-corrected chi connectivity index (χ4v) is 2.02. The summed E-state index contributed by atoms with van der Waals surface area (Å²) in [6.45, 7) is 0. The van der Waals surface area contributed by atoms with Crippen LogP contribution in [0.5, 0.6) is 11.5 Å². The third-order valence-corrected chi connectivity index (χ3v) is 3.31. The molecule has 3 nitrogen and oxygen atoms in total. The number of ketones is 1. The van der Waals surface area contributed by atoms with Crippen molar-refractivity contribution in [3.8, 4) is 11.5 Å². The molecule has 0 aliphatic heterocycles. The average molecular weight is 321 g/mol. The van der Waals surface area contributed by atoms with Gasteiger partial charge in [-0.15, -0.1) is 0 Å². The summed E-state index contributed by atoms with van der Waals surface area (Å²) in [6, 6.07) is 12.2. The number of aromatic hydroxyl groups is 1. The Morgan fingerprint density at radius 2 is 1.89 bits per heavy atom. The third kappa shape index (κ3) is 3.35. The summed E-state index contributed by atoms with van der Waals surface area (Å²) in [5, 5.41) is 9.81. The number of rotatable bonds is 4. The first-order valence-electron chi connectivity index (χ1n) is 5.75. The van der Waals surface area contributed by atoms with Crippen molar-refractivity contribution < 1.29 is 14.6 Å². The van der Waals surface area contributed by atoms with Crippen LogP contribution in [0.15, 0.2) is 46.9 Å². The first kappa shape index (κ1) is 13.6. The van der Waals surface area contributed by atoms with Gasteiger partial charge in [0.25, 0.3) is 0 Å². The quantitative estimate of drug-likeness (QED) is 0.876. The van der Waals surface area contributed by atoms with Gasteiger partial charge < -0.3 is 9.84 Å². The molecule has 2 aromatic carbocycles. The van der Waals surface area contributed by atoms with Crippen molar-refractivity contribution in [3.05, 3.63) is 58.1 Å². The van der Waals surface area contributed by atoms with Crippen molar-refractivity contribution in [2.24, 2.45) is 0 Å². The van der Waals surface area contributed by atoms with Gasteiger partial charge in [0.05, 0.1) is 12.7 Å².